The summed E-state index contributed by atoms with van der Waals surface area (Å²) in [5.74, 6) is -0.00188. The number of aliphatic hydroxyl groups excluding tert-OH is 2. The summed E-state index contributed by atoms with van der Waals surface area (Å²) < 4.78 is 5.50. The quantitative estimate of drug-likeness (QED) is 0.0417. The average molecular weight is 1100 g/mol. The molecule has 0 fully saturated rings. The molecule has 0 radical (unpaired) electrons. The molecule has 78 heavy (non-hydrogen) atoms. The molecule has 0 saturated carbocycles. The Balaban J connectivity index is 3.30. The van der Waals surface area contributed by atoms with E-state index in [2.05, 4.69) is 19.2 Å². The van der Waals surface area contributed by atoms with Gasteiger partial charge < -0.3 is 20.3 Å². The Labute approximate surface area is 489 Å². The number of amides is 1. The molecule has 2 atom stereocenters. The van der Waals surface area contributed by atoms with Gasteiger partial charge >= 0.3 is 5.97 Å². The van der Waals surface area contributed by atoms with Gasteiger partial charge in [-0.1, -0.05) is 386 Å². The van der Waals surface area contributed by atoms with Crippen LogP contribution in [0.2, 0.25) is 0 Å². The lowest BCUT2D eigenvalue weighted by molar-refractivity contribution is -0.143. The van der Waals surface area contributed by atoms with Crippen molar-refractivity contribution in [3.8, 4) is 0 Å². The fourth-order valence-electron chi connectivity index (χ4n) is 11.9. The monoisotopic (exact) mass is 1100 g/mol. The van der Waals surface area contributed by atoms with E-state index in [9.17, 15) is 19.8 Å². The number of carbonyl (C=O) groups excluding carboxylic acids is 2. The number of rotatable bonds is 69. The van der Waals surface area contributed by atoms with E-state index in [0.717, 1.165) is 38.5 Å². The zero-order valence-corrected chi connectivity index (χ0v) is 53.4. The minimum Gasteiger partial charge on any atom is -0.466 e. The zero-order chi connectivity index (χ0) is 56.4. The van der Waals surface area contributed by atoms with Crippen molar-refractivity contribution in [3.05, 3.63) is 0 Å². The first-order chi connectivity index (χ1) is 38.5. The van der Waals surface area contributed by atoms with E-state index < -0.39 is 12.1 Å². The zero-order valence-electron chi connectivity index (χ0n) is 53.4. The first-order valence-electron chi connectivity index (χ1n) is 36.3. The van der Waals surface area contributed by atoms with Crippen LogP contribution in [-0.4, -0.2) is 47.4 Å². The van der Waals surface area contributed by atoms with E-state index >= 15 is 0 Å². The van der Waals surface area contributed by atoms with Gasteiger partial charge in [0.1, 0.15) is 0 Å². The fraction of sp³-hybridized carbons (Fsp3) is 0.972. The highest BCUT2D eigenvalue weighted by Gasteiger charge is 2.20. The first kappa shape index (κ1) is 76.9. The molecule has 0 aromatic heterocycles. The Morgan fingerprint density at radius 2 is 0.526 bits per heavy atom. The van der Waals surface area contributed by atoms with Gasteiger partial charge in [0, 0.05) is 12.8 Å². The number of ether oxygens (including phenoxy) is 1. The van der Waals surface area contributed by atoms with Crippen molar-refractivity contribution in [2.45, 2.75) is 437 Å². The van der Waals surface area contributed by atoms with Crippen LogP contribution in [-0.2, 0) is 14.3 Å². The minimum absolute atomic E-state index is 0.0247. The first-order valence-corrected chi connectivity index (χ1v) is 36.3. The van der Waals surface area contributed by atoms with Crippen molar-refractivity contribution in [2.24, 2.45) is 0 Å². The average Bonchev–Trinajstić information content (AvgIpc) is 3.44. The molecule has 1 amide bonds. The van der Waals surface area contributed by atoms with Gasteiger partial charge in [-0.25, -0.2) is 0 Å². The third kappa shape index (κ3) is 64.0. The van der Waals surface area contributed by atoms with E-state index in [-0.39, 0.29) is 18.5 Å². The highest BCUT2D eigenvalue weighted by atomic mass is 16.5. The predicted octanol–water partition coefficient (Wildman–Crippen LogP) is 23.4. The van der Waals surface area contributed by atoms with E-state index in [1.807, 2.05) is 0 Å². The molecule has 0 aromatic carbocycles. The largest absolute Gasteiger partial charge is 0.466 e. The Bertz CT molecular complexity index is 1130. The van der Waals surface area contributed by atoms with Gasteiger partial charge in [0.15, 0.2) is 0 Å². The van der Waals surface area contributed by atoms with Gasteiger partial charge in [0.05, 0.1) is 25.4 Å². The van der Waals surface area contributed by atoms with Crippen molar-refractivity contribution < 1.29 is 24.5 Å². The van der Waals surface area contributed by atoms with E-state index in [4.69, 9.17) is 4.74 Å². The molecule has 0 aliphatic heterocycles. The molecule has 0 bridgehead atoms. The summed E-state index contributed by atoms with van der Waals surface area (Å²) in [6.07, 6.45) is 83.1. The van der Waals surface area contributed by atoms with Gasteiger partial charge in [-0.05, 0) is 25.7 Å². The number of aliphatic hydroxyl groups is 2. The van der Waals surface area contributed by atoms with Crippen molar-refractivity contribution in [1.29, 1.82) is 0 Å². The van der Waals surface area contributed by atoms with Crippen LogP contribution in [0.4, 0.5) is 0 Å². The van der Waals surface area contributed by atoms with Crippen LogP contribution in [0.25, 0.3) is 0 Å². The van der Waals surface area contributed by atoms with Crippen LogP contribution in [0.5, 0.6) is 0 Å². The van der Waals surface area contributed by atoms with Gasteiger partial charge in [-0.3, -0.25) is 9.59 Å². The molecule has 6 heteroatoms. The van der Waals surface area contributed by atoms with Gasteiger partial charge in [0.2, 0.25) is 5.91 Å². The van der Waals surface area contributed by atoms with Crippen LogP contribution in [0.1, 0.15) is 425 Å². The highest BCUT2D eigenvalue weighted by Crippen LogP contribution is 2.20. The molecule has 0 aromatic rings. The third-order valence-corrected chi connectivity index (χ3v) is 17.4. The topological polar surface area (TPSA) is 95.9 Å². The lowest BCUT2D eigenvalue weighted by Gasteiger charge is -2.22. The SMILES string of the molecule is CCCCCCCCCCCCCCCCCC(O)C(CO)NC(=O)CCCCCCCCCCCCCCCCCCCCCCCCCCCCCCCCCCOC(=O)CCCCCCCCCCCCCCCC. The van der Waals surface area contributed by atoms with E-state index in [1.54, 1.807) is 0 Å². The van der Waals surface area contributed by atoms with Gasteiger partial charge in [0.25, 0.3) is 0 Å². The smallest absolute Gasteiger partial charge is 0.305 e. The predicted molar refractivity (Wildman–Crippen MR) is 343 cm³/mol. The summed E-state index contributed by atoms with van der Waals surface area (Å²) in [6, 6.07) is -0.536. The standard InChI is InChI=1S/C72H143NO5/c1-3-5-7-9-11-13-15-17-37-40-44-48-52-56-60-64-70(75)69(68-74)73-71(76)65-61-57-53-49-45-41-38-35-33-31-29-27-25-23-21-19-20-22-24-26-28-30-32-34-36-39-43-47-51-55-59-63-67-78-72(77)66-62-58-54-50-46-42-18-16-14-12-10-8-6-4-2/h69-70,74-75H,3-68H2,1-2H3,(H,73,76). The minimum atomic E-state index is -0.660. The maximum absolute atomic E-state index is 12.5. The summed E-state index contributed by atoms with van der Waals surface area (Å²) in [7, 11) is 0. The fourth-order valence-corrected chi connectivity index (χ4v) is 11.9. The van der Waals surface area contributed by atoms with Crippen molar-refractivity contribution >= 4 is 11.9 Å². The Morgan fingerprint density at radius 1 is 0.308 bits per heavy atom. The van der Waals surface area contributed by atoms with Crippen molar-refractivity contribution in [2.75, 3.05) is 13.2 Å². The van der Waals surface area contributed by atoms with Crippen molar-refractivity contribution in [3.63, 3.8) is 0 Å². The van der Waals surface area contributed by atoms with Crippen LogP contribution >= 0.6 is 0 Å². The molecule has 0 heterocycles. The van der Waals surface area contributed by atoms with E-state index in [0.29, 0.717) is 25.9 Å². The number of unbranched alkanes of at least 4 members (excludes halogenated alkanes) is 58. The Morgan fingerprint density at radius 3 is 0.782 bits per heavy atom. The lowest BCUT2D eigenvalue weighted by Crippen LogP contribution is -2.45. The van der Waals surface area contributed by atoms with Gasteiger partial charge in [-0.15, -0.1) is 0 Å². The summed E-state index contributed by atoms with van der Waals surface area (Å²) >= 11 is 0. The van der Waals surface area contributed by atoms with Crippen LogP contribution in [0.15, 0.2) is 0 Å². The van der Waals surface area contributed by atoms with Crippen LogP contribution in [0.3, 0.4) is 0 Å². The lowest BCUT2D eigenvalue weighted by atomic mass is 10.0. The molecule has 3 N–H and O–H groups in total. The number of esters is 1. The second-order valence-electron chi connectivity index (χ2n) is 25.3. The summed E-state index contributed by atoms with van der Waals surface area (Å²) in [5, 5.41) is 23.3. The summed E-state index contributed by atoms with van der Waals surface area (Å²) in [5.41, 5.74) is 0. The molecule has 466 valence electrons. The third-order valence-electron chi connectivity index (χ3n) is 17.4. The maximum Gasteiger partial charge on any atom is 0.305 e. The Hall–Kier alpha value is -1.14. The normalized spacial score (nSPS) is 12.4. The maximum atomic E-state index is 12.5. The Kier molecular flexibility index (Phi) is 67.4. The molecular formula is C72H143NO5. The molecule has 2 unspecified atom stereocenters. The number of hydrogen-bond acceptors (Lipinski definition) is 5. The number of hydrogen-bond donors (Lipinski definition) is 3. The second-order valence-corrected chi connectivity index (χ2v) is 25.3. The van der Waals surface area contributed by atoms with E-state index in [1.165, 1.54) is 353 Å². The molecule has 0 rings (SSSR count). The molecule has 0 aliphatic rings. The van der Waals surface area contributed by atoms with Crippen LogP contribution in [0, 0.1) is 0 Å². The van der Waals surface area contributed by atoms with Crippen molar-refractivity contribution in [1.82, 2.24) is 5.32 Å². The number of nitrogens with one attached hydrogen (secondary N) is 1. The molecule has 0 spiro atoms. The summed E-state index contributed by atoms with van der Waals surface area (Å²) in [4.78, 5) is 24.6. The molecule has 0 aliphatic carbocycles. The molecular weight excluding hydrogens is 959 g/mol. The molecule has 6 nitrogen and oxygen atoms in total. The number of carbonyl (C=O) groups is 2. The summed E-state index contributed by atoms with van der Waals surface area (Å²) in [6.45, 7) is 5.00. The second kappa shape index (κ2) is 68.4. The molecule has 0 saturated heterocycles. The highest BCUT2D eigenvalue weighted by molar-refractivity contribution is 5.76. The van der Waals surface area contributed by atoms with Gasteiger partial charge in [-0.2, -0.15) is 0 Å². The van der Waals surface area contributed by atoms with Crippen LogP contribution < -0.4 is 5.32 Å².